The lowest BCUT2D eigenvalue weighted by Crippen LogP contribution is -2.46. The number of hydrogen-bond acceptors (Lipinski definition) is 4. The number of rotatable bonds is 10. The van der Waals surface area contributed by atoms with Gasteiger partial charge in [0.15, 0.2) is 5.96 Å². The number of piperazine rings is 1. The summed E-state index contributed by atoms with van der Waals surface area (Å²) in [6, 6.07) is 0. The summed E-state index contributed by atoms with van der Waals surface area (Å²) in [5.74, 6) is 1.53. The van der Waals surface area contributed by atoms with E-state index in [1.807, 2.05) is 18.7 Å². The fourth-order valence-corrected chi connectivity index (χ4v) is 3.14. The number of guanidine groups is 1. The molecule has 0 radical (unpaired) electrons. The lowest BCUT2D eigenvalue weighted by molar-refractivity contribution is -0.130. The van der Waals surface area contributed by atoms with Crippen LogP contribution in [0.15, 0.2) is 4.99 Å². The fourth-order valence-electron chi connectivity index (χ4n) is 3.14. The van der Waals surface area contributed by atoms with Crippen molar-refractivity contribution in [3.8, 4) is 0 Å². The van der Waals surface area contributed by atoms with E-state index in [0.717, 1.165) is 64.9 Å². The summed E-state index contributed by atoms with van der Waals surface area (Å²) < 4.78 is 0. The summed E-state index contributed by atoms with van der Waals surface area (Å²) in [6.07, 6.45) is 0.503. The van der Waals surface area contributed by atoms with Crippen LogP contribution in [0.1, 0.15) is 34.1 Å². The molecule has 1 unspecified atom stereocenters. The van der Waals surface area contributed by atoms with Crippen LogP contribution in [0, 0.1) is 5.92 Å². The van der Waals surface area contributed by atoms with E-state index in [1.54, 1.807) is 0 Å². The molecule has 1 aliphatic heterocycles. The van der Waals surface area contributed by atoms with Gasteiger partial charge in [-0.25, -0.2) is 0 Å². The second-order valence-corrected chi connectivity index (χ2v) is 7.17. The van der Waals surface area contributed by atoms with Crippen LogP contribution in [0.5, 0.6) is 0 Å². The lowest BCUT2D eigenvalue weighted by atomic mass is 10.1. The fraction of sp³-hybridized carbons (Fsp3) is 0.895. The second-order valence-electron chi connectivity index (χ2n) is 7.17. The molecule has 1 atom stereocenters. The Kier molecular flexibility index (Phi) is 11.3. The van der Waals surface area contributed by atoms with Gasteiger partial charge in [0.05, 0.1) is 0 Å². The minimum absolute atomic E-state index is 0.196. The van der Waals surface area contributed by atoms with Gasteiger partial charge in [0.2, 0.25) is 5.91 Å². The monoisotopic (exact) mass is 368 g/mol. The second kappa shape index (κ2) is 12.9. The Labute approximate surface area is 160 Å². The van der Waals surface area contributed by atoms with E-state index in [1.165, 1.54) is 0 Å². The minimum Gasteiger partial charge on any atom is -0.357 e. The van der Waals surface area contributed by atoms with E-state index >= 15 is 0 Å². The highest BCUT2D eigenvalue weighted by Crippen LogP contribution is 2.05. The molecule has 0 bridgehead atoms. The Morgan fingerprint density at radius 2 is 1.77 bits per heavy atom. The summed E-state index contributed by atoms with van der Waals surface area (Å²) in [6.45, 7) is 17.8. The van der Waals surface area contributed by atoms with E-state index in [2.05, 4.69) is 41.3 Å². The van der Waals surface area contributed by atoms with Crippen molar-refractivity contribution in [1.82, 2.24) is 25.3 Å². The first-order valence-corrected chi connectivity index (χ1v) is 10.2. The zero-order valence-corrected chi connectivity index (χ0v) is 17.6. The van der Waals surface area contributed by atoms with Gasteiger partial charge in [0, 0.05) is 71.9 Å². The zero-order valence-electron chi connectivity index (χ0n) is 17.6. The normalized spacial score (nSPS) is 17.8. The first-order chi connectivity index (χ1) is 12.5. The molecule has 7 nitrogen and oxygen atoms in total. The van der Waals surface area contributed by atoms with Crippen molar-refractivity contribution in [2.75, 3.05) is 72.5 Å². The van der Waals surface area contributed by atoms with Gasteiger partial charge < -0.3 is 25.3 Å². The van der Waals surface area contributed by atoms with E-state index < -0.39 is 0 Å². The molecule has 152 valence electrons. The van der Waals surface area contributed by atoms with Crippen molar-refractivity contribution in [1.29, 1.82) is 0 Å². The first-order valence-electron chi connectivity index (χ1n) is 10.2. The molecule has 1 aliphatic rings. The zero-order chi connectivity index (χ0) is 19.4. The van der Waals surface area contributed by atoms with Crippen molar-refractivity contribution < 1.29 is 4.79 Å². The van der Waals surface area contributed by atoms with Gasteiger partial charge in [0.25, 0.3) is 0 Å². The Morgan fingerprint density at radius 1 is 1.12 bits per heavy atom. The molecule has 0 saturated carbocycles. The predicted molar refractivity (Wildman–Crippen MR) is 110 cm³/mol. The van der Waals surface area contributed by atoms with Crippen LogP contribution in [0.3, 0.4) is 0 Å². The van der Waals surface area contributed by atoms with Gasteiger partial charge in [0.1, 0.15) is 0 Å². The average molecular weight is 369 g/mol. The number of amides is 1. The highest BCUT2D eigenvalue weighted by atomic mass is 16.2. The van der Waals surface area contributed by atoms with Crippen LogP contribution < -0.4 is 10.6 Å². The molecule has 0 aromatic rings. The molecule has 0 aliphatic carbocycles. The first kappa shape index (κ1) is 22.7. The molecule has 26 heavy (non-hydrogen) atoms. The molecule has 2 N–H and O–H groups in total. The Hall–Kier alpha value is -1.34. The van der Waals surface area contributed by atoms with E-state index in [4.69, 9.17) is 4.99 Å². The molecule has 1 rings (SSSR count). The topological polar surface area (TPSA) is 63.2 Å². The summed E-state index contributed by atoms with van der Waals surface area (Å²) in [5.41, 5.74) is 0. The van der Waals surface area contributed by atoms with Crippen LogP contribution in [-0.2, 0) is 4.79 Å². The third kappa shape index (κ3) is 8.85. The van der Waals surface area contributed by atoms with Crippen molar-refractivity contribution in [2.45, 2.75) is 34.1 Å². The maximum absolute atomic E-state index is 12.1. The van der Waals surface area contributed by atoms with E-state index in [-0.39, 0.29) is 5.91 Å². The van der Waals surface area contributed by atoms with Gasteiger partial charge in [-0.2, -0.15) is 0 Å². The van der Waals surface area contributed by atoms with Crippen molar-refractivity contribution in [3.63, 3.8) is 0 Å². The Morgan fingerprint density at radius 3 is 2.35 bits per heavy atom. The number of likely N-dealkylation sites (N-methyl/N-ethyl adjacent to an activating group) is 1. The molecule has 1 fully saturated rings. The van der Waals surface area contributed by atoms with Crippen LogP contribution in [-0.4, -0.2) is 99.1 Å². The van der Waals surface area contributed by atoms with Gasteiger partial charge in [-0.3, -0.25) is 9.79 Å². The molecule has 1 heterocycles. The largest absolute Gasteiger partial charge is 0.357 e. The molecule has 0 aromatic carbocycles. The summed E-state index contributed by atoms with van der Waals surface area (Å²) in [5, 5.41) is 6.56. The molecular weight excluding hydrogens is 328 g/mol. The average Bonchev–Trinajstić information content (AvgIpc) is 2.62. The van der Waals surface area contributed by atoms with Crippen molar-refractivity contribution in [2.24, 2.45) is 10.9 Å². The van der Waals surface area contributed by atoms with Gasteiger partial charge in [-0.05, 0) is 33.7 Å². The van der Waals surface area contributed by atoms with Gasteiger partial charge in [-0.15, -0.1) is 0 Å². The third-order valence-electron chi connectivity index (χ3n) is 4.82. The lowest BCUT2D eigenvalue weighted by Gasteiger charge is -2.33. The highest BCUT2D eigenvalue weighted by molar-refractivity contribution is 5.81. The third-order valence-corrected chi connectivity index (χ3v) is 4.82. The van der Waals surface area contributed by atoms with Gasteiger partial charge >= 0.3 is 0 Å². The maximum atomic E-state index is 12.1. The number of nitrogens with zero attached hydrogens (tertiary/aromatic N) is 4. The molecule has 1 saturated heterocycles. The number of carbonyl (C=O) groups is 1. The van der Waals surface area contributed by atoms with Crippen LogP contribution >= 0.6 is 0 Å². The Balaban J connectivity index is 2.36. The summed E-state index contributed by atoms with van der Waals surface area (Å²) in [7, 11) is 2.18. The van der Waals surface area contributed by atoms with E-state index in [9.17, 15) is 4.79 Å². The quantitative estimate of drug-likeness (QED) is 0.439. The molecule has 1 amide bonds. The number of aliphatic imine (C=N–C) groups is 1. The maximum Gasteiger partial charge on any atom is 0.224 e. The number of nitrogens with one attached hydrogen (secondary N) is 2. The Bertz CT molecular complexity index is 416. The molecule has 7 heteroatoms. The van der Waals surface area contributed by atoms with Crippen LogP contribution in [0.25, 0.3) is 0 Å². The van der Waals surface area contributed by atoms with Crippen LogP contribution in [0.2, 0.25) is 0 Å². The molecule has 0 spiro atoms. The number of carbonyl (C=O) groups excluding carboxylic acids is 1. The highest BCUT2D eigenvalue weighted by Gasteiger charge is 2.16. The van der Waals surface area contributed by atoms with E-state index in [0.29, 0.717) is 18.9 Å². The number of hydrogen-bond donors (Lipinski definition) is 2. The molecular formula is C19H40N6O. The summed E-state index contributed by atoms with van der Waals surface area (Å²) >= 11 is 0. The minimum atomic E-state index is 0.196. The SMILES string of the molecule is CCNC(=NCC(C)CN1CCN(C)CC1)NCCC(=O)N(CC)CC. The van der Waals surface area contributed by atoms with Crippen LogP contribution in [0.4, 0.5) is 0 Å². The summed E-state index contributed by atoms with van der Waals surface area (Å²) in [4.78, 5) is 23.6. The van der Waals surface area contributed by atoms with Gasteiger partial charge in [-0.1, -0.05) is 6.92 Å². The standard InChI is InChI=1S/C19H40N6O/c1-6-20-19(21-10-9-18(26)25(7-2)8-3)22-15-17(4)16-24-13-11-23(5)12-14-24/h17H,6-16H2,1-5H3,(H2,20,21,22). The molecule has 0 aromatic heterocycles. The predicted octanol–water partition coefficient (Wildman–Crippen LogP) is 0.684. The van der Waals surface area contributed by atoms with Crippen molar-refractivity contribution in [3.05, 3.63) is 0 Å². The smallest absolute Gasteiger partial charge is 0.224 e. The van der Waals surface area contributed by atoms with Crippen molar-refractivity contribution >= 4 is 11.9 Å².